The van der Waals surface area contributed by atoms with Gasteiger partial charge in [-0.2, -0.15) is 0 Å². The van der Waals surface area contributed by atoms with Crippen LogP contribution >= 0.6 is 0 Å². The van der Waals surface area contributed by atoms with E-state index in [1.54, 1.807) is 0 Å². The van der Waals surface area contributed by atoms with Crippen molar-refractivity contribution in [3.05, 3.63) is 28.8 Å². The van der Waals surface area contributed by atoms with Crippen LogP contribution in [0.4, 0.5) is 0 Å². The summed E-state index contributed by atoms with van der Waals surface area (Å²) in [6.07, 6.45) is 1.96. The van der Waals surface area contributed by atoms with Crippen molar-refractivity contribution in [2.75, 3.05) is 6.61 Å². The zero-order chi connectivity index (χ0) is 12.8. The SMILES string of the molecule is CCCCOB(O)Oc1c(C)cc(C)cc1C. The molecule has 0 aliphatic heterocycles. The molecule has 0 saturated carbocycles. The molecule has 1 rings (SSSR count). The molecule has 0 aliphatic rings. The normalized spacial score (nSPS) is 10.4. The average molecular weight is 236 g/mol. The Morgan fingerprint density at radius 3 is 2.29 bits per heavy atom. The Kier molecular flexibility index (Phi) is 5.52. The number of aryl methyl sites for hydroxylation is 3. The minimum atomic E-state index is -1.18. The minimum absolute atomic E-state index is 0.515. The molecule has 0 radical (unpaired) electrons. The molecule has 0 fully saturated rings. The summed E-state index contributed by atoms with van der Waals surface area (Å²) in [4.78, 5) is 0. The van der Waals surface area contributed by atoms with Crippen molar-refractivity contribution in [1.82, 2.24) is 0 Å². The van der Waals surface area contributed by atoms with Crippen LogP contribution in [0.3, 0.4) is 0 Å². The Morgan fingerprint density at radius 1 is 1.18 bits per heavy atom. The number of benzene rings is 1. The maximum Gasteiger partial charge on any atom is 0.710 e. The quantitative estimate of drug-likeness (QED) is 0.609. The van der Waals surface area contributed by atoms with E-state index in [2.05, 4.69) is 6.92 Å². The molecule has 0 aromatic heterocycles. The fourth-order valence-corrected chi connectivity index (χ4v) is 1.82. The lowest BCUT2D eigenvalue weighted by molar-refractivity contribution is 0.190. The molecule has 1 aromatic rings. The van der Waals surface area contributed by atoms with E-state index in [0.717, 1.165) is 24.0 Å². The largest absolute Gasteiger partial charge is 0.710 e. The summed E-state index contributed by atoms with van der Waals surface area (Å²) in [5.41, 5.74) is 3.22. The first-order chi connectivity index (χ1) is 8.04. The van der Waals surface area contributed by atoms with Gasteiger partial charge in [-0.3, -0.25) is 0 Å². The molecular formula is C13H21BO3. The molecular weight excluding hydrogens is 215 g/mol. The molecule has 0 amide bonds. The van der Waals surface area contributed by atoms with E-state index >= 15 is 0 Å². The first-order valence-corrected chi connectivity index (χ1v) is 6.08. The Hall–Kier alpha value is -0.995. The first-order valence-electron chi connectivity index (χ1n) is 6.08. The molecule has 0 saturated heterocycles. The third-order valence-electron chi connectivity index (χ3n) is 2.58. The maximum absolute atomic E-state index is 9.60. The third-order valence-corrected chi connectivity index (χ3v) is 2.58. The summed E-state index contributed by atoms with van der Waals surface area (Å²) in [5, 5.41) is 9.60. The van der Waals surface area contributed by atoms with Gasteiger partial charge in [0.05, 0.1) is 0 Å². The van der Waals surface area contributed by atoms with Crippen LogP contribution in [0.15, 0.2) is 12.1 Å². The van der Waals surface area contributed by atoms with Gasteiger partial charge in [0, 0.05) is 6.61 Å². The van der Waals surface area contributed by atoms with Crippen LogP contribution in [0, 0.1) is 20.8 Å². The molecule has 94 valence electrons. The molecule has 0 bridgehead atoms. The second-order valence-electron chi connectivity index (χ2n) is 4.38. The highest BCUT2D eigenvalue weighted by Crippen LogP contribution is 2.24. The summed E-state index contributed by atoms with van der Waals surface area (Å²) in [6, 6.07) is 4.06. The predicted octanol–water partition coefficient (Wildman–Crippen LogP) is 2.78. The lowest BCUT2D eigenvalue weighted by atomic mass is 10.1. The fraction of sp³-hybridized carbons (Fsp3) is 0.538. The van der Waals surface area contributed by atoms with Gasteiger partial charge in [-0.1, -0.05) is 31.0 Å². The molecule has 0 aliphatic carbocycles. The van der Waals surface area contributed by atoms with E-state index in [1.165, 1.54) is 5.56 Å². The topological polar surface area (TPSA) is 38.7 Å². The molecule has 0 heterocycles. The molecule has 0 atom stereocenters. The van der Waals surface area contributed by atoms with Crippen molar-refractivity contribution in [3.8, 4) is 5.75 Å². The van der Waals surface area contributed by atoms with Crippen LogP contribution in [0.25, 0.3) is 0 Å². The van der Waals surface area contributed by atoms with Crippen molar-refractivity contribution in [2.24, 2.45) is 0 Å². The Morgan fingerprint density at radius 2 is 1.76 bits per heavy atom. The van der Waals surface area contributed by atoms with Crippen molar-refractivity contribution >= 4 is 7.32 Å². The monoisotopic (exact) mass is 236 g/mol. The van der Waals surface area contributed by atoms with Crippen LogP contribution in [0.5, 0.6) is 5.75 Å². The van der Waals surface area contributed by atoms with Gasteiger partial charge in [0.2, 0.25) is 0 Å². The average Bonchev–Trinajstić information content (AvgIpc) is 2.24. The first kappa shape index (κ1) is 14.1. The van der Waals surface area contributed by atoms with E-state index < -0.39 is 7.32 Å². The van der Waals surface area contributed by atoms with Gasteiger partial charge in [0.25, 0.3) is 0 Å². The molecule has 0 unspecified atom stereocenters. The van der Waals surface area contributed by atoms with Gasteiger partial charge in [-0.25, -0.2) is 0 Å². The van der Waals surface area contributed by atoms with Crippen molar-refractivity contribution in [1.29, 1.82) is 0 Å². The van der Waals surface area contributed by atoms with E-state index in [0.29, 0.717) is 12.4 Å². The van der Waals surface area contributed by atoms with E-state index in [9.17, 15) is 5.02 Å². The number of unbranched alkanes of at least 4 members (excludes halogenated alkanes) is 1. The smallest absolute Gasteiger partial charge is 0.511 e. The van der Waals surface area contributed by atoms with Crippen LogP contribution in [-0.4, -0.2) is 19.0 Å². The number of hydrogen-bond donors (Lipinski definition) is 1. The summed E-state index contributed by atoms with van der Waals surface area (Å²) < 4.78 is 10.6. The Balaban J connectivity index is 2.61. The zero-order valence-electron chi connectivity index (χ0n) is 11.1. The van der Waals surface area contributed by atoms with Crippen molar-refractivity contribution in [3.63, 3.8) is 0 Å². The molecule has 0 spiro atoms. The lowest BCUT2D eigenvalue weighted by Gasteiger charge is -2.15. The lowest BCUT2D eigenvalue weighted by Crippen LogP contribution is -2.27. The highest BCUT2D eigenvalue weighted by Gasteiger charge is 2.20. The fourth-order valence-electron chi connectivity index (χ4n) is 1.82. The molecule has 1 N–H and O–H groups in total. The Labute approximate surface area is 104 Å². The highest BCUT2D eigenvalue weighted by atomic mass is 16.7. The van der Waals surface area contributed by atoms with Gasteiger partial charge in [-0.05, 0) is 38.3 Å². The second-order valence-corrected chi connectivity index (χ2v) is 4.38. The number of hydrogen-bond acceptors (Lipinski definition) is 3. The van der Waals surface area contributed by atoms with Gasteiger partial charge < -0.3 is 14.3 Å². The van der Waals surface area contributed by atoms with Gasteiger partial charge >= 0.3 is 7.32 Å². The Bertz CT molecular complexity index is 343. The van der Waals surface area contributed by atoms with Gasteiger partial charge in [0.15, 0.2) is 0 Å². The molecule has 4 heteroatoms. The van der Waals surface area contributed by atoms with Crippen LogP contribution in [0.1, 0.15) is 36.5 Å². The molecule has 3 nitrogen and oxygen atoms in total. The molecule has 17 heavy (non-hydrogen) atoms. The standard InChI is InChI=1S/C13H21BO3/c1-5-6-7-16-14(15)17-13-11(3)8-10(2)9-12(13)4/h8-9,15H,5-7H2,1-4H3. The van der Waals surface area contributed by atoms with E-state index in [1.807, 2.05) is 32.9 Å². The predicted molar refractivity (Wildman–Crippen MR) is 70.1 cm³/mol. The minimum Gasteiger partial charge on any atom is -0.511 e. The summed E-state index contributed by atoms with van der Waals surface area (Å²) in [7, 11) is -1.18. The maximum atomic E-state index is 9.60. The van der Waals surface area contributed by atoms with Gasteiger partial charge in [0.1, 0.15) is 5.75 Å². The van der Waals surface area contributed by atoms with Crippen molar-refractivity contribution < 1.29 is 14.3 Å². The van der Waals surface area contributed by atoms with Crippen LogP contribution < -0.4 is 4.65 Å². The zero-order valence-corrected chi connectivity index (χ0v) is 11.1. The van der Waals surface area contributed by atoms with E-state index in [4.69, 9.17) is 9.31 Å². The van der Waals surface area contributed by atoms with E-state index in [-0.39, 0.29) is 0 Å². The van der Waals surface area contributed by atoms with Crippen LogP contribution in [-0.2, 0) is 4.65 Å². The van der Waals surface area contributed by atoms with Crippen molar-refractivity contribution in [2.45, 2.75) is 40.5 Å². The molecule has 1 aromatic carbocycles. The van der Waals surface area contributed by atoms with Gasteiger partial charge in [-0.15, -0.1) is 0 Å². The third kappa shape index (κ3) is 4.40. The summed E-state index contributed by atoms with van der Waals surface area (Å²) in [5.74, 6) is 0.708. The summed E-state index contributed by atoms with van der Waals surface area (Å²) in [6.45, 7) is 8.56. The second kappa shape index (κ2) is 6.67. The highest BCUT2D eigenvalue weighted by molar-refractivity contribution is 6.35. The van der Waals surface area contributed by atoms with Crippen LogP contribution in [0.2, 0.25) is 0 Å². The number of rotatable bonds is 6. The summed E-state index contributed by atoms with van der Waals surface area (Å²) >= 11 is 0.